The van der Waals surface area contributed by atoms with E-state index in [0.717, 1.165) is 0 Å². The number of carbonyl (C=O) groups excluding carboxylic acids is 1. The molecule has 0 spiro atoms. The van der Waals surface area contributed by atoms with Crippen LogP contribution in [0.5, 0.6) is 5.75 Å². The maximum absolute atomic E-state index is 11.5. The summed E-state index contributed by atoms with van der Waals surface area (Å²) in [6, 6.07) is 2.78. The molecular weight excluding hydrogens is 304 g/mol. The molecular formula is C14H18N4O5. The molecule has 0 fully saturated rings. The molecule has 23 heavy (non-hydrogen) atoms. The van der Waals surface area contributed by atoms with Crippen LogP contribution in [0.1, 0.15) is 32.4 Å². The van der Waals surface area contributed by atoms with E-state index in [-0.39, 0.29) is 6.61 Å². The normalized spacial score (nSPS) is 22.3. The van der Waals surface area contributed by atoms with Crippen molar-refractivity contribution < 1.29 is 24.0 Å². The molecule has 124 valence electrons. The van der Waals surface area contributed by atoms with Gasteiger partial charge < -0.3 is 14.6 Å². The van der Waals surface area contributed by atoms with Crippen LogP contribution in [0, 0.1) is 0 Å². The summed E-state index contributed by atoms with van der Waals surface area (Å²) in [5.41, 5.74) is 6.06. The molecule has 0 saturated carbocycles. The number of aliphatic hydroxyl groups excluding tert-OH is 1. The van der Waals surface area contributed by atoms with Crippen molar-refractivity contribution in [3.05, 3.63) is 17.7 Å². The Bertz CT molecular complexity index is 729. The van der Waals surface area contributed by atoms with E-state index in [1.807, 2.05) is 0 Å². The van der Waals surface area contributed by atoms with Crippen LogP contribution in [0.4, 0.5) is 4.79 Å². The molecule has 1 aromatic carbocycles. The zero-order valence-corrected chi connectivity index (χ0v) is 13.0. The van der Waals surface area contributed by atoms with Crippen LogP contribution < -0.4 is 15.6 Å². The Hall–Kier alpha value is -2.39. The van der Waals surface area contributed by atoms with E-state index in [4.69, 9.17) is 14.1 Å². The predicted molar refractivity (Wildman–Crippen MR) is 78.6 cm³/mol. The summed E-state index contributed by atoms with van der Waals surface area (Å²) < 4.78 is 15.4. The molecule has 2 heterocycles. The molecule has 3 N–H and O–H groups in total. The number of nitrogens with one attached hydrogen (secondary N) is 2. The molecule has 0 saturated heterocycles. The van der Waals surface area contributed by atoms with Crippen molar-refractivity contribution >= 4 is 17.1 Å². The lowest BCUT2D eigenvalue weighted by atomic mass is 9.87. The number of hydrogen-bond acceptors (Lipinski definition) is 8. The van der Waals surface area contributed by atoms with E-state index in [0.29, 0.717) is 22.3 Å². The van der Waals surface area contributed by atoms with E-state index in [1.165, 1.54) is 0 Å². The molecule has 1 amide bonds. The van der Waals surface area contributed by atoms with Crippen LogP contribution in [-0.2, 0) is 4.74 Å². The van der Waals surface area contributed by atoms with Crippen LogP contribution in [-0.4, -0.2) is 39.8 Å². The van der Waals surface area contributed by atoms with Gasteiger partial charge in [0.2, 0.25) is 0 Å². The van der Waals surface area contributed by atoms with Gasteiger partial charge in [0.15, 0.2) is 0 Å². The minimum atomic E-state index is -0.922. The molecule has 2 aromatic rings. The number of fused-ring (bicyclic) bond motifs is 2. The molecule has 1 aliphatic heterocycles. The summed E-state index contributed by atoms with van der Waals surface area (Å²) in [5.74, 6) is 0.534. The number of benzene rings is 1. The first kappa shape index (κ1) is 15.5. The number of nitrogens with zero attached hydrogens (tertiary/aromatic N) is 2. The minimum absolute atomic E-state index is 0.247. The van der Waals surface area contributed by atoms with E-state index < -0.39 is 23.8 Å². The summed E-state index contributed by atoms with van der Waals surface area (Å²) in [4.78, 5) is 11.5. The Kier molecular flexibility index (Phi) is 3.82. The summed E-state index contributed by atoms with van der Waals surface area (Å²) in [7, 11) is 0. The number of hydrogen-bond donors (Lipinski definition) is 3. The molecule has 1 aliphatic rings. The van der Waals surface area contributed by atoms with Gasteiger partial charge in [-0.1, -0.05) is 0 Å². The number of aromatic nitrogens is 2. The third kappa shape index (κ3) is 2.80. The second-order valence-corrected chi connectivity index (χ2v) is 5.76. The number of carbonyl (C=O) groups is 1. The zero-order chi connectivity index (χ0) is 16.6. The van der Waals surface area contributed by atoms with E-state index >= 15 is 0 Å². The number of hydrazine groups is 1. The van der Waals surface area contributed by atoms with Crippen molar-refractivity contribution in [1.82, 2.24) is 21.2 Å². The molecule has 0 aliphatic carbocycles. The Labute approximate surface area is 131 Å². The van der Waals surface area contributed by atoms with Crippen molar-refractivity contribution in [3.8, 4) is 5.75 Å². The molecule has 3 rings (SSSR count). The lowest BCUT2D eigenvalue weighted by Crippen LogP contribution is -2.55. The molecule has 9 nitrogen and oxygen atoms in total. The van der Waals surface area contributed by atoms with Gasteiger partial charge in [0.05, 0.1) is 12.6 Å². The fraction of sp³-hybridized carbons (Fsp3) is 0.500. The third-order valence-corrected chi connectivity index (χ3v) is 3.73. The Morgan fingerprint density at radius 1 is 1.39 bits per heavy atom. The molecule has 2 unspecified atom stereocenters. The highest BCUT2D eigenvalue weighted by Crippen LogP contribution is 2.41. The lowest BCUT2D eigenvalue weighted by molar-refractivity contribution is -0.0667. The number of rotatable bonds is 3. The fourth-order valence-corrected chi connectivity index (χ4v) is 2.54. The first-order chi connectivity index (χ1) is 10.9. The summed E-state index contributed by atoms with van der Waals surface area (Å²) >= 11 is 0. The van der Waals surface area contributed by atoms with Gasteiger partial charge in [0.25, 0.3) is 0 Å². The van der Waals surface area contributed by atoms with Gasteiger partial charge in [-0.25, -0.2) is 14.8 Å². The van der Waals surface area contributed by atoms with Gasteiger partial charge in [-0.15, -0.1) is 0 Å². The van der Waals surface area contributed by atoms with Gasteiger partial charge >= 0.3 is 6.09 Å². The van der Waals surface area contributed by atoms with Crippen LogP contribution >= 0.6 is 0 Å². The molecule has 1 aromatic heterocycles. The van der Waals surface area contributed by atoms with Crippen molar-refractivity contribution in [2.24, 2.45) is 0 Å². The Morgan fingerprint density at radius 2 is 2.09 bits per heavy atom. The number of aliphatic hydroxyl groups is 1. The summed E-state index contributed by atoms with van der Waals surface area (Å²) in [6.45, 7) is 5.46. The fourth-order valence-electron chi connectivity index (χ4n) is 2.54. The average Bonchev–Trinajstić information content (AvgIpc) is 2.93. The SMILES string of the molecule is CCOC(=O)NNC1c2cc3nonc3cc2OC(C)(C)C1O. The van der Waals surface area contributed by atoms with Crippen molar-refractivity contribution in [1.29, 1.82) is 0 Å². The standard InChI is InChI=1S/C14H18N4O5/c1-4-21-13(20)16-15-11-7-5-8-9(18-23-17-8)6-10(7)22-14(2,3)12(11)19/h5-6,11-12,15,19H,4H2,1-3H3,(H,16,20). The average molecular weight is 322 g/mol. The lowest BCUT2D eigenvalue weighted by Gasteiger charge is -2.42. The van der Waals surface area contributed by atoms with E-state index in [2.05, 4.69) is 21.2 Å². The van der Waals surface area contributed by atoms with Crippen molar-refractivity contribution in [2.45, 2.75) is 38.5 Å². The second kappa shape index (κ2) is 5.67. The van der Waals surface area contributed by atoms with Crippen LogP contribution in [0.3, 0.4) is 0 Å². The largest absolute Gasteiger partial charge is 0.485 e. The quantitative estimate of drug-likeness (QED) is 0.717. The van der Waals surface area contributed by atoms with Gasteiger partial charge in [-0.05, 0) is 37.2 Å². The highest BCUT2D eigenvalue weighted by Gasteiger charge is 2.43. The first-order valence-electron chi connectivity index (χ1n) is 7.24. The topological polar surface area (TPSA) is 119 Å². The second-order valence-electron chi connectivity index (χ2n) is 5.76. The predicted octanol–water partition coefficient (Wildman–Crippen LogP) is 1.05. The van der Waals surface area contributed by atoms with Crippen molar-refractivity contribution in [3.63, 3.8) is 0 Å². The zero-order valence-electron chi connectivity index (χ0n) is 13.0. The monoisotopic (exact) mass is 322 g/mol. The highest BCUT2D eigenvalue weighted by molar-refractivity contribution is 5.77. The van der Waals surface area contributed by atoms with Crippen LogP contribution in [0.15, 0.2) is 16.8 Å². The molecule has 2 atom stereocenters. The first-order valence-corrected chi connectivity index (χ1v) is 7.24. The Balaban J connectivity index is 1.95. The Morgan fingerprint density at radius 3 is 2.78 bits per heavy atom. The van der Waals surface area contributed by atoms with Gasteiger partial charge in [0.1, 0.15) is 28.5 Å². The van der Waals surface area contributed by atoms with Crippen LogP contribution in [0.25, 0.3) is 11.0 Å². The molecule has 0 bridgehead atoms. The molecule has 0 radical (unpaired) electrons. The van der Waals surface area contributed by atoms with Gasteiger partial charge in [-0.2, -0.15) is 0 Å². The van der Waals surface area contributed by atoms with Gasteiger partial charge in [-0.3, -0.25) is 5.43 Å². The minimum Gasteiger partial charge on any atom is -0.485 e. The number of ether oxygens (including phenoxy) is 2. The summed E-state index contributed by atoms with van der Waals surface area (Å²) in [6.07, 6.45) is -1.55. The highest BCUT2D eigenvalue weighted by atomic mass is 16.6. The molecule has 9 heteroatoms. The van der Waals surface area contributed by atoms with Crippen LogP contribution in [0.2, 0.25) is 0 Å². The van der Waals surface area contributed by atoms with E-state index in [9.17, 15) is 9.90 Å². The van der Waals surface area contributed by atoms with Crippen molar-refractivity contribution in [2.75, 3.05) is 6.61 Å². The maximum Gasteiger partial charge on any atom is 0.421 e. The summed E-state index contributed by atoms with van der Waals surface area (Å²) in [5, 5.41) is 18.1. The third-order valence-electron chi connectivity index (χ3n) is 3.73. The number of amides is 1. The maximum atomic E-state index is 11.5. The van der Waals surface area contributed by atoms with Gasteiger partial charge in [0, 0.05) is 11.6 Å². The smallest absolute Gasteiger partial charge is 0.421 e. The van der Waals surface area contributed by atoms with E-state index in [1.54, 1.807) is 32.9 Å².